The number of hydrogen-bond acceptors (Lipinski definition) is 5. The number of anilines is 1. The Morgan fingerprint density at radius 3 is 2.52 bits per heavy atom. The first kappa shape index (κ1) is 20.2. The van der Waals surface area contributed by atoms with Gasteiger partial charge in [0.1, 0.15) is 17.0 Å². The zero-order valence-electron chi connectivity index (χ0n) is 16.9. The van der Waals surface area contributed by atoms with Crippen molar-refractivity contribution in [3.63, 3.8) is 0 Å². The molecule has 0 bridgehead atoms. The molecule has 3 rings (SSSR count). The fourth-order valence-corrected chi connectivity index (χ4v) is 2.83. The van der Waals surface area contributed by atoms with Crippen molar-refractivity contribution in [2.24, 2.45) is 7.05 Å². The van der Waals surface area contributed by atoms with E-state index < -0.39 is 17.7 Å². The highest BCUT2D eigenvalue weighted by Gasteiger charge is 2.17. The van der Waals surface area contributed by atoms with Gasteiger partial charge in [-0.1, -0.05) is 0 Å². The zero-order chi connectivity index (χ0) is 21.3. The van der Waals surface area contributed by atoms with Crippen molar-refractivity contribution >= 4 is 28.7 Å². The third-order valence-corrected chi connectivity index (χ3v) is 4.18. The first-order valence-electron chi connectivity index (χ1n) is 9.01. The summed E-state index contributed by atoms with van der Waals surface area (Å²) in [5, 5.41) is 12.7. The van der Waals surface area contributed by atoms with Crippen LogP contribution in [-0.4, -0.2) is 32.3 Å². The van der Waals surface area contributed by atoms with E-state index in [1.807, 2.05) is 6.92 Å². The molecule has 0 aliphatic rings. The minimum absolute atomic E-state index is 0.198. The molecule has 0 aliphatic heterocycles. The van der Waals surface area contributed by atoms with Gasteiger partial charge in [0.15, 0.2) is 0 Å². The van der Waals surface area contributed by atoms with Crippen LogP contribution < -0.4 is 10.1 Å². The van der Waals surface area contributed by atoms with Crippen LogP contribution in [0.15, 0.2) is 36.5 Å². The van der Waals surface area contributed by atoms with E-state index in [0.717, 1.165) is 16.5 Å². The van der Waals surface area contributed by atoms with E-state index in [9.17, 15) is 14.7 Å². The number of carboxylic acids is 1. The normalized spacial score (nSPS) is 11.3. The van der Waals surface area contributed by atoms with Crippen LogP contribution in [0.5, 0.6) is 11.6 Å². The second kappa shape index (κ2) is 7.46. The highest BCUT2D eigenvalue weighted by atomic mass is 16.6. The van der Waals surface area contributed by atoms with Crippen LogP contribution in [0.3, 0.4) is 0 Å². The number of benzene rings is 1. The predicted octanol–water partition coefficient (Wildman–Crippen LogP) is 4.72. The number of aromatic carboxylic acids is 1. The SMILES string of the molecule is Cc1cc(Oc2ccc3cc(C(=O)O)n(C)c3c2)ncc1NC(=O)OC(C)(C)C. The Hall–Kier alpha value is -3.55. The molecular formula is C21H23N3O5. The molecule has 8 heteroatoms. The Morgan fingerprint density at radius 1 is 1.17 bits per heavy atom. The van der Waals surface area contributed by atoms with Gasteiger partial charge in [-0.05, 0) is 51.5 Å². The molecule has 0 radical (unpaired) electrons. The monoisotopic (exact) mass is 397 g/mol. The summed E-state index contributed by atoms with van der Waals surface area (Å²) in [6.07, 6.45) is 0.942. The number of nitrogens with zero attached hydrogens (tertiary/aromatic N) is 2. The molecule has 0 saturated carbocycles. The number of fused-ring (bicyclic) bond motifs is 1. The number of carbonyl (C=O) groups is 2. The molecule has 0 fully saturated rings. The van der Waals surface area contributed by atoms with Crippen LogP contribution in [0.4, 0.5) is 10.5 Å². The number of nitrogens with one attached hydrogen (secondary N) is 1. The molecule has 0 spiro atoms. The molecule has 0 saturated heterocycles. The maximum Gasteiger partial charge on any atom is 0.412 e. The summed E-state index contributed by atoms with van der Waals surface area (Å²) >= 11 is 0. The van der Waals surface area contributed by atoms with Crippen LogP contribution in [0.1, 0.15) is 36.8 Å². The summed E-state index contributed by atoms with van der Waals surface area (Å²) < 4.78 is 12.7. The van der Waals surface area contributed by atoms with Crippen molar-refractivity contribution in [3.05, 3.63) is 47.8 Å². The smallest absolute Gasteiger partial charge is 0.412 e. The molecule has 3 aromatic rings. The van der Waals surface area contributed by atoms with Gasteiger partial charge in [0.25, 0.3) is 0 Å². The van der Waals surface area contributed by atoms with Crippen LogP contribution in [0, 0.1) is 6.92 Å². The molecule has 0 unspecified atom stereocenters. The maximum atomic E-state index is 11.9. The van der Waals surface area contributed by atoms with Gasteiger partial charge in [-0.3, -0.25) is 5.32 Å². The summed E-state index contributed by atoms with van der Waals surface area (Å²) in [5.41, 5.74) is 1.62. The van der Waals surface area contributed by atoms with Gasteiger partial charge < -0.3 is 19.1 Å². The lowest BCUT2D eigenvalue weighted by Crippen LogP contribution is -2.27. The largest absolute Gasteiger partial charge is 0.477 e. The molecule has 0 aliphatic carbocycles. The fourth-order valence-electron chi connectivity index (χ4n) is 2.83. The van der Waals surface area contributed by atoms with Gasteiger partial charge >= 0.3 is 12.1 Å². The Kier molecular flexibility index (Phi) is 5.19. The van der Waals surface area contributed by atoms with Crippen molar-refractivity contribution in [2.75, 3.05) is 5.32 Å². The van der Waals surface area contributed by atoms with Crippen molar-refractivity contribution in [1.29, 1.82) is 0 Å². The first-order valence-corrected chi connectivity index (χ1v) is 9.01. The number of hydrogen-bond donors (Lipinski definition) is 2. The summed E-state index contributed by atoms with van der Waals surface area (Å²) in [5.74, 6) is -0.115. The van der Waals surface area contributed by atoms with Gasteiger partial charge in [0, 0.05) is 24.6 Å². The third-order valence-electron chi connectivity index (χ3n) is 4.18. The van der Waals surface area contributed by atoms with Crippen LogP contribution in [0.25, 0.3) is 10.9 Å². The summed E-state index contributed by atoms with van der Waals surface area (Å²) in [6, 6.07) is 8.61. The van der Waals surface area contributed by atoms with Crippen molar-refractivity contribution in [3.8, 4) is 11.6 Å². The van der Waals surface area contributed by atoms with Crippen LogP contribution in [-0.2, 0) is 11.8 Å². The van der Waals surface area contributed by atoms with Gasteiger partial charge in [-0.25, -0.2) is 14.6 Å². The van der Waals surface area contributed by atoms with Crippen molar-refractivity contribution < 1.29 is 24.2 Å². The number of carboxylic acid groups (broad SMARTS) is 1. The standard InChI is InChI=1S/C21H23N3O5/c1-12-8-18(22-11-15(12)23-20(27)29-21(2,3)4)28-14-7-6-13-9-17(19(25)26)24(5)16(13)10-14/h6-11H,1-5H3,(H,23,27)(H,25,26). The minimum Gasteiger partial charge on any atom is -0.477 e. The molecular weight excluding hydrogens is 374 g/mol. The van der Waals surface area contributed by atoms with Gasteiger partial charge in [0.05, 0.1) is 17.4 Å². The maximum absolute atomic E-state index is 11.9. The summed E-state index contributed by atoms with van der Waals surface area (Å²) in [4.78, 5) is 27.4. The lowest BCUT2D eigenvalue weighted by atomic mass is 10.2. The van der Waals surface area contributed by atoms with Crippen LogP contribution >= 0.6 is 0 Å². The van der Waals surface area contributed by atoms with E-state index in [0.29, 0.717) is 17.3 Å². The number of ether oxygens (including phenoxy) is 2. The average Bonchev–Trinajstić information content (AvgIpc) is 2.93. The molecule has 152 valence electrons. The number of aryl methyl sites for hydroxylation is 2. The average molecular weight is 397 g/mol. The molecule has 2 aromatic heterocycles. The first-order chi connectivity index (χ1) is 13.5. The van der Waals surface area contributed by atoms with Crippen molar-refractivity contribution in [1.82, 2.24) is 9.55 Å². The second-order valence-electron chi connectivity index (χ2n) is 7.68. The number of rotatable bonds is 4. The van der Waals surface area contributed by atoms with E-state index in [4.69, 9.17) is 9.47 Å². The molecule has 2 N–H and O–H groups in total. The lowest BCUT2D eigenvalue weighted by Gasteiger charge is -2.20. The van der Waals surface area contributed by atoms with Gasteiger partial charge in [-0.2, -0.15) is 0 Å². The Bertz CT molecular complexity index is 1100. The summed E-state index contributed by atoms with van der Waals surface area (Å²) in [7, 11) is 1.69. The minimum atomic E-state index is -0.989. The van der Waals surface area contributed by atoms with Crippen LogP contribution in [0.2, 0.25) is 0 Å². The van der Waals surface area contributed by atoms with Gasteiger partial charge in [0.2, 0.25) is 5.88 Å². The van der Waals surface area contributed by atoms with Gasteiger partial charge in [-0.15, -0.1) is 0 Å². The number of aromatic nitrogens is 2. The number of pyridine rings is 1. The molecule has 1 aromatic carbocycles. The Morgan fingerprint density at radius 2 is 1.90 bits per heavy atom. The molecule has 29 heavy (non-hydrogen) atoms. The zero-order valence-corrected chi connectivity index (χ0v) is 16.9. The topological polar surface area (TPSA) is 103 Å². The Labute approximate surface area is 168 Å². The summed E-state index contributed by atoms with van der Waals surface area (Å²) in [6.45, 7) is 7.19. The fraction of sp³-hybridized carbons (Fsp3) is 0.286. The van der Waals surface area contributed by atoms with E-state index in [2.05, 4.69) is 10.3 Å². The van der Waals surface area contributed by atoms with Crippen molar-refractivity contribution in [2.45, 2.75) is 33.3 Å². The van der Waals surface area contributed by atoms with E-state index in [1.165, 1.54) is 6.20 Å². The lowest BCUT2D eigenvalue weighted by molar-refractivity contribution is 0.0633. The second-order valence-corrected chi connectivity index (χ2v) is 7.68. The highest BCUT2D eigenvalue weighted by Crippen LogP contribution is 2.28. The number of amides is 1. The van der Waals surface area contributed by atoms with E-state index >= 15 is 0 Å². The molecule has 1 amide bonds. The Balaban J connectivity index is 1.78. The quantitative estimate of drug-likeness (QED) is 0.660. The third kappa shape index (κ3) is 4.66. The molecule has 2 heterocycles. The van der Waals surface area contributed by atoms with E-state index in [1.54, 1.807) is 62.7 Å². The van der Waals surface area contributed by atoms with E-state index in [-0.39, 0.29) is 5.69 Å². The number of carbonyl (C=O) groups excluding carboxylic acids is 1. The predicted molar refractivity (Wildman–Crippen MR) is 109 cm³/mol. The highest BCUT2D eigenvalue weighted by molar-refractivity contribution is 5.95. The molecule has 8 nitrogen and oxygen atoms in total. The molecule has 0 atom stereocenters.